The van der Waals surface area contributed by atoms with Gasteiger partial charge in [0, 0.05) is 18.0 Å². The highest BCUT2D eigenvalue weighted by molar-refractivity contribution is 8.01. The Morgan fingerprint density at radius 1 is 1.44 bits per heavy atom. The molecule has 1 aromatic rings. The summed E-state index contributed by atoms with van der Waals surface area (Å²) in [5.74, 6) is 0.270. The van der Waals surface area contributed by atoms with Crippen LogP contribution in [0.4, 0.5) is 0 Å². The maximum atomic E-state index is 12.5. The molecule has 2 aliphatic rings. The molecule has 2 heterocycles. The molecule has 2 atom stereocenters. The number of benzene rings is 1. The van der Waals surface area contributed by atoms with Crippen LogP contribution < -0.4 is 0 Å². The molecule has 0 unspecified atom stereocenters. The predicted octanol–water partition coefficient (Wildman–Crippen LogP) is 1.95. The number of rotatable bonds is 1. The molecule has 18 heavy (non-hydrogen) atoms. The van der Waals surface area contributed by atoms with E-state index in [-0.39, 0.29) is 17.3 Å². The lowest BCUT2D eigenvalue weighted by atomic mass is 10.1. The molecule has 1 amide bonds. The van der Waals surface area contributed by atoms with Crippen LogP contribution in [0.5, 0.6) is 0 Å². The highest BCUT2D eigenvalue weighted by Crippen LogP contribution is 2.37. The van der Waals surface area contributed by atoms with E-state index in [1.807, 2.05) is 24.0 Å². The van der Waals surface area contributed by atoms with Crippen molar-refractivity contribution in [2.24, 2.45) is 0 Å². The summed E-state index contributed by atoms with van der Waals surface area (Å²) in [4.78, 5) is 15.7. The lowest BCUT2D eigenvalue weighted by Gasteiger charge is -2.32. The van der Waals surface area contributed by atoms with Gasteiger partial charge in [0.1, 0.15) is 0 Å². The van der Waals surface area contributed by atoms with E-state index in [9.17, 15) is 4.79 Å². The van der Waals surface area contributed by atoms with Crippen molar-refractivity contribution in [3.8, 4) is 0 Å². The highest BCUT2D eigenvalue weighted by Gasteiger charge is 2.32. The molecule has 4 heteroatoms. The number of hydrogen-bond acceptors (Lipinski definition) is 3. The molecule has 1 aromatic carbocycles. The maximum Gasteiger partial charge on any atom is 0.236 e. The molecule has 0 saturated carbocycles. The van der Waals surface area contributed by atoms with E-state index < -0.39 is 0 Å². The third-order valence-electron chi connectivity index (χ3n) is 3.48. The molecule has 0 aromatic heterocycles. The first kappa shape index (κ1) is 12.1. The molecular formula is C14H17NO2S. The van der Waals surface area contributed by atoms with Crippen molar-refractivity contribution in [3.63, 3.8) is 0 Å². The lowest BCUT2D eigenvalue weighted by molar-refractivity contribution is -0.137. The van der Waals surface area contributed by atoms with Crippen molar-refractivity contribution >= 4 is 17.7 Å². The quantitative estimate of drug-likeness (QED) is 0.775. The van der Waals surface area contributed by atoms with Crippen molar-refractivity contribution in [3.05, 3.63) is 29.8 Å². The lowest BCUT2D eigenvalue weighted by Crippen LogP contribution is -2.47. The second kappa shape index (κ2) is 4.94. The molecular weight excluding hydrogens is 246 g/mol. The maximum absolute atomic E-state index is 12.5. The Morgan fingerprint density at radius 3 is 3.06 bits per heavy atom. The van der Waals surface area contributed by atoms with Gasteiger partial charge in [-0.1, -0.05) is 18.2 Å². The number of nitrogens with zero attached hydrogens (tertiary/aromatic N) is 1. The second-order valence-electron chi connectivity index (χ2n) is 4.88. The minimum Gasteiger partial charge on any atom is -0.375 e. The zero-order chi connectivity index (χ0) is 12.5. The fourth-order valence-corrected chi connectivity index (χ4v) is 3.82. The normalized spacial score (nSPS) is 27.1. The summed E-state index contributed by atoms with van der Waals surface area (Å²) in [7, 11) is 0. The Kier molecular flexibility index (Phi) is 3.31. The highest BCUT2D eigenvalue weighted by atomic mass is 32.2. The summed E-state index contributed by atoms with van der Waals surface area (Å²) in [5.41, 5.74) is 1.31. The van der Waals surface area contributed by atoms with Gasteiger partial charge in [-0.05, 0) is 25.0 Å². The first-order valence-electron chi connectivity index (χ1n) is 6.39. The van der Waals surface area contributed by atoms with Crippen LogP contribution in [0.25, 0.3) is 0 Å². The molecule has 3 rings (SSSR count). The van der Waals surface area contributed by atoms with E-state index >= 15 is 0 Å². The molecule has 0 spiro atoms. The Morgan fingerprint density at radius 2 is 2.28 bits per heavy atom. The molecule has 0 N–H and O–H groups in total. The van der Waals surface area contributed by atoms with Gasteiger partial charge in [-0.15, -0.1) is 11.8 Å². The van der Waals surface area contributed by atoms with Crippen LogP contribution >= 0.6 is 11.8 Å². The Bertz CT molecular complexity index is 438. The number of ether oxygens (including phenoxy) is 1. The van der Waals surface area contributed by atoms with Crippen molar-refractivity contribution < 1.29 is 9.53 Å². The van der Waals surface area contributed by atoms with Crippen molar-refractivity contribution in [2.75, 3.05) is 19.7 Å². The van der Waals surface area contributed by atoms with E-state index in [4.69, 9.17) is 4.74 Å². The standard InChI is InChI=1S/C14H17NO2S/c1-10-9-15(6-7-17-10)14(16)13-8-11-4-2-3-5-12(11)18-13/h2-5,10,13H,6-9H2,1H3/t10-,13+/m1/s1. The zero-order valence-electron chi connectivity index (χ0n) is 10.5. The number of hydrogen-bond donors (Lipinski definition) is 0. The molecule has 3 nitrogen and oxygen atoms in total. The predicted molar refractivity (Wildman–Crippen MR) is 71.8 cm³/mol. The average Bonchev–Trinajstić information content (AvgIpc) is 2.81. The molecule has 0 radical (unpaired) electrons. The fraction of sp³-hybridized carbons (Fsp3) is 0.500. The Balaban J connectivity index is 1.68. The zero-order valence-corrected chi connectivity index (χ0v) is 11.3. The SMILES string of the molecule is C[C@@H]1CN(C(=O)[C@@H]2Cc3ccccc3S2)CCO1. The number of thioether (sulfide) groups is 1. The van der Waals surface area contributed by atoms with Gasteiger partial charge in [0.05, 0.1) is 18.0 Å². The largest absolute Gasteiger partial charge is 0.375 e. The van der Waals surface area contributed by atoms with Crippen LogP contribution in [0.1, 0.15) is 12.5 Å². The number of carbonyl (C=O) groups is 1. The molecule has 1 fully saturated rings. The van der Waals surface area contributed by atoms with Gasteiger partial charge in [0.2, 0.25) is 5.91 Å². The van der Waals surface area contributed by atoms with Crippen LogP contribution in [0, 0.1) is 0 Å². The summed E-state index contributed by atoms with van der Waals surface area (Å²) in [6, 6.07) is 8.31. The average molecular weight is 263 g/mol. The summed E-state index contributed by atoms with van der Waals surface area (Å²) >= 11 is 1.71. The Hall–Kier alpha value is -1.00. The number of carbonyl (C=O) groups excluding carboxylic acids is 1. The molecule has 1 saturated heterocycles. The van der Waals surface area contributed by atoms with Gasteiger partial charge < -0.3 is 9.64 Å². The van der Waals surface area contributed by atoms with Gasteiger partial charge in [-0.2, -0.15) is 0 Å². The van der Waals surface area contributed by atoms with Crippen LogP contribution in [0.2, 0.25) is 0 Å². The van der Waals surface area contributed by atoms with E-state index in [1.165, 1.54) is 10.5 Å². The third-order valence-corrected chi connectivity index (χ3v) is 4.78. The first-order chi connectivity index (χ1) is 8.74. The Labute approximate surface area is 111 Å². The van der Waals surface area contributed by atoms with Crippen molar-refractivity contribution in [1.29, 1.82) is 0 Å². The van der Waals surface area contributed by atoms with E-state index in [1.54, 1.807) is 11.8 Å². The van der Waals surface area contributed by atoms with Gasteiger partial charge in [-0.25, -0.2) is 0 Å². The summed E-state index contributed by atoms with van der Waals surface area (Å²) in [6.45, 7) is 4.15. The molecule has 0 aliphatic carbocycles. The van der Waals surface area contributed by atoms with Crippen molar-refractivity contribution in [1.82, 2.24) is 4.90 Å². The van der Waals surface area contributed by atoms with E-state index in [0.717, 1.165) is 19.5 Å². The topological polar surface area (TPSA) is 29.5 Å². The monoisotopic (exact) mass is 263 g/mol. The number of amides is 1. The van der Waals surface area contributed by atoms with Crippen LogP contribution in [-0.2, 0) is 16.0 Å². The smallest absolute Gasteiger partial charge is 0.236 e. The third kappa shape index (κ3) is 2.27. The first-order valence-corrected chi connectivity index (χ1v) is 7.27. The van der Waals surface area contributed by atoms with Gasteiger partial charge >= 0.3 is 0 Å². The van der Waals surface area contributed by atoms with Gasteiger partial charge in [0.15, 0.2) is 0 Å². The van der Waals surface area contributed by atoms with E-state index in [2.05, 4.69) is 12.1 Å². The van der Waals surface area contributed by atoms with Gasteiger partial charge in [0.25, 0.3) is 0 Å². The number of fused-ring (bicyclic) bond motifs is 1. The van der Waals surface area contributed by atoms with Crippen molar-refractivity contribution in [2.45, 2.75) is 29.6 Å². The minimum absolute atomic E-state index is 0.0627. The molecule has 96 valence electrons. The summed E-state index contributed by atoms with van der Waals surface area (Å²) < 4.78 is 5.48. The molecule has 0 bridgehead atoms. The fourth-order valence-electron chi connectivity index (χ4n) is 2.54. The summed E-state index contributed by atoms with van der Waals surface area (Å²) in [5, 5.41) is 0.0627. The van der Waals surface area contributed by atoms with Crippen LogP contribution in [0.15, 0.2) is 29.2 Å². The molecule has 2 aliphatic heterocycles. The van der Waals surface area contributed by atoms with Gasteiger partial charge in [-0.3, -0.25) is 4.79 Å². The second-order valence-corrected chi connectivity index (χ2v) is 6.13. The van der Waals surface area contributed by atoms with Crippen LogP contribution in [0.3, 0.4) is 0 Å². The van der Waals surface area contributed by atoms with E-state index in [0.29, 0.717) is 6.61 Å². The minimum atomic E-state index is 0.0627. The summed E-state index contributed by atoms with van der Waals surface area (Å²) in [6.07, 6.45) is 1.03. The van der Waals surface area contributed by atoms with Crippen LogP contribution in [-0.4, -0.2) is 41.9 Å². The number of morpholine rings is 1.